The third kappa shape index (κ3) is 3.22. The number of amides is 1. The molecule has 2 heterocycles. The maximum absolute atomic E-state index is 12.8. The fraction of sp³-hybridized carbons (Fsp3) is 0.850. The maximum atomic E-state index is 12.8. The first kappa shape index (κ1) is 15.8. The molecular weight excluding hydrogens is 314 g/mol. The number of rotatable bonds is 6. The zero-order valence-electron chi connectivity index (χ0n) is 15.0. The largest absolute Gasteiger partial charge is 0.340 e. The number of likely N-dealkylation sites (tertiary alicyclic amines) is 1. The minimum absolute atomic E-state index is 0.289. The van der Waals surface area contributed by atoms with E-state index in [1.54, 1.807) is 0 Å². The van der Waals surface area contributed by atoms with E-state index in [2.05, 4.69) is 15.0 Å². The smallest absolute Gasteiger partial charge is 0.227 e. The second-order valence-corrected chi connectivity index (χ2v) is 8.87. The van der Waals surface area contributed by atoms with Gasteiger partial charge in [0.2, 0.25) is 11.8 Å². The Morgan fingerprint density at radius 3 is 2.84 bits per heavy atom. The normalized spacial score (nSPS) is 34.2. The SMILES string of the molecule is O=C(CCc1nc(C2CC2)no1)N1CCC[C@H]1C[C@H]1C[C@H]2CC[C@H]1C2. The average Bonchev–Trinajstić information content (AvgIpc) is 3.06. The van der Waals surface area contributed by atoms with Gasteiger partial charge in [-0.1, -0.05) is 11.6 Å². The molecule has 4 aliphatic rings. The van der Waals surface area contributed by atoms with Gasteiger partial charge in [-0.15, -0.1) is 0 Å². The van der Waals surface area contributed by atoms with E-state index in [0.717, 1.165) is 30.1 Å². The molecule has 0 radical (unpaired) electrons. The second kappa shape index (κ2) is 6.40. The Balaban J connectivity index is 1.14. The van der Waals surface area contributed by atoms with Crippen molar-refractivity contribution in [3.63, 3.8) is 0 Å². The quantitative estimate of drug-likeness (QED) is 0.790. The molecule has 5 heteroatoms. The number of carbonyl (C=O) groups is 1. The Kier molecular flexibility index (Phi) is 4.05. The van der Waals surface area contributed by atoms with Gasteiger partial charge in [0.25, 0.3) is 0 Å². The van der Waals surface area contributed by atoms with Crippen molar-refractivity contribution in [2.45, 2.75) is 82.6 Å². The summed E-state index contributed by atoms with van der Waals surface area (Å²) in [5.74, 6) is 5.13. The standard InChI is InChI=1S/C20H29N3O2/c24-19(8-7-18-21-20(22-25-18)14-5-6-14)23-9-1-2-17(23)12-16-11-13-3-4-15(16)10-13/h13-17H,1-12H2/t13-,15-,16+,17-/m0/s1. The number of hydrogen-bond donors (Lipinski definition) is 0. The molecule has 3 aliphatic carbocycles. The number of nitrogens with zero attached hydrogens (tertiary/aromatic N) is 3. The van der Waals surface area contributed by atoms with Crippen LogP contribution < -0.4 is 0 Å². The number of aromatic nitrogens is 2. The van der Waals surface area contributed by atoms with Crippen molar-refractivity contribution >= 4 is 5.91 Å². The van der Waals surface area contributed by atoms with E-state index in [0.29, 0.717) is 30.7 Å². The van der Waals surface area contributed by atoms with E-state index in [4.69, 9.17) is 4.52 Å². The van der Waals surface area contributed by atoms with Crippen molar-refractivity contribution in [3.05, 3.63) is 11.7 Å². The van der Waals surface area contributed by atoms with Gasteiger partial charge in [-0.05, 0) is 69.1 Å². The fourth-order valence-electron chi connectivity index (χ4n) is 5.66. The van der Waals surface area contributed by atoms with Gasteiger partial charge in [-0.3, -0.25) is 4.79 Å². The third-order valence-corrected chi connectivity index (χ3v) is 7.14. The molecule has 1 amide bonds. The van der Waals surface area contributed by atoms with Crippen LogP contribution in [0.4, 0.5) is 0 Å². The Labute approximate surface area is 149 Å². The lowest BCUT2D eigenvalue weighted by Gasteiger charge is -2.30. The summed E-state index contributed by atoms with van der Waals surface area (Å²) in [5, 5.41) is 4.05. The first-order chi connectivity index (χ1) is 12.3. The zero-order valence-corrected chi connectivity index (χ0v) is 15.0. The van der Waals surface area contributed by atoms with E-state index in [1.807, 2.05) is 0 Å². The Bertz CT molecular complexity index is 639. The van der Waals surface area contributed by atoms with Gasteiger partial charge >= 0.3 is 0 Å². The summed E-state index contributed by atoms with van der Waals surface area (Å²) in [6.45, 7) is 0.946. The minimum Gasteiger partial charge on any atom is -0.340 e. The number of carbonyl (C=O) groups excluding carboxylic acids is 1. The van der Waals surface area contributed by atoms with Crippen molar-refractivity contribution in [2.75, 3.05) is 6.54 Å². The van der Waals surface area contributed by atoms with Crippen LogP contribution in [0.2, 0.25) is 0 Å². The topological polar surface area (TPSA) is 59.2 Å². The summed E-state index contributed by atoms with van der Waals surface area (Å²) in [6.07, 6.45) is 12.9. The summed E-state index contributed by atoms with van der Waals surface area (Å²) in [6, 6.07) is 0.488. The number of fused-ring (bicyclic) bond motifs is 2. The molecule has 1 aromatic heterocycles. The van der Waals surface area contributed by atoms with Gasteiger partial charge in [0.15, 0.2) is 5.82 Å². The first-order valence-corrected chi connectivity index (χ1v) is 10.4. The summed E-state index contributed by atoms with van der Waals surface area (Å²) < 4.78 is 5.32. The Hall–Kier alpha value is -1.39. The zero-order chi connectivity index (χ0) is 16.8. The molecule has 2 bridgehead atoms. The lowest BCUT2D eigenvalue weighted by Crippen LogP contribution is -2.37. The molecule has 25 heavy (non-hydrogen) atoms. The highest BCUT2D eigenvalue weighted by atomic mass is 16.5. The summed E-state index contributed by atoms with van der Waals surface area (Å²) >= 11 is 0. The van der Waals surface area contributed by atoms with Crippen molar-refractivity contribution in [3.8, 4) is 0 Å². The minimum atomic E-state index is 0.289. The highest BCUT2D eigenvalue weighted by Gasteiger charge is 2.42. The van der Waals surface area contributed by atoms with Gasteiger partial charge in [0, 0.05) is 31.3 Å². The average molecular weight is 343 g/mol. The van der Waals surface area contributed by atoms with E-state index >= 15 is 0 Å². The molecule has 4 atom stereocenters. The monoisotopic (exact) mass is 343 g/mol. The van der Waals surface area contributed by atoms with Crippen LogP contribution in [0.5, 0.6) is 0 Å². The van der Waals surface area contributed by atoms with Crippen molar-refractivity contribution in [1.29, 1.82) is 0 Å². The molecule has 4 fully saturated rings. The lowest BCUT2D eigenvalue weighted by atomic mass is 9.83. The van der Waals surface area contributed by atoms with Crippen LogP contribution in [0.15, 0.2) is 4.52 Å². The molecule has 1 aliphatic heterocycles. The lowest BCUT2D eigenvalue weighted by molar-refractivity contribution is -0.132. The van der Waals surface area contributed by atoms with Gasteiger partial charge < -0.3 is 9.42 Å². The van der Waals surface area contributed by atoms with Crippen molar-refractivity contribution in [2.24, 2.45) is 17.8 Å². The highest BCUT2D eigenvalue weighted by molar-refractivity contribution is 5.77. The van der Waals surface area contributed by atoms with Crippen LogP contribution >= 0.6 is 0 Å². The number of hydrogen-bond acceptors (Lipinski definition) is 4. The van der Waals surface area contributed by atoms with Crippen LogP contribution in [0, 0.1) is 17.8 Å². The molecule has 0 aromatic carbocycles. The number of aryl methyl sites for hydroxylation is 1. The van der Waals surface area contributed by atoms with Crippen LogP contribution in [0.1, 0.15) is 81.8 Å². The van der Waals surface area contributed by atoms with Crippen LogP contribution in [-0.4, -0.2) is 33.5 Å². The summed E-state index contributed by atoms with van der Waals surface area (Å²) in [5.41, 5.74) is 0. The molecule has 3 saturated carbocycles. The van der Waals surface area contributed by atoms with Gasteiger partial charge in [-0.25, -0.2) is 0 Å². The van der Waals surface area contributed by atoms with Crippen LogP contribution in [0.25, 0.3) is 0 Å². The fourth-order valence-corrected chi connectivity index (χ4v) is 5.66. The maximum Gasteiger partial charge on any atom is 0.227 e. The van der Waals surface area contributed by atoms with E-state index in [1.165, 1.54) is 57.8 Å². The molecule has 5 rings (SSSR count). The summed E-state index contributed by atoms with van der Waals surface area (Å²) in [4.78, 5) is 19.4. The third-order valence-electron chi connectivity index (χ3n) is 7.14. The molecule has 0 unspecified atom stereocenters. The molecule has 5 nitrogen and oxygen atoms in total. The molecule has 1 aromatic rings. The van der Waals surface area contributed by atoms with Crippen LogP contribution in [0.3, 0.4) is 0 Å². The van der Waals surface area contributed by atoms with E-state index in [9.17, 15) is 4.79 Å². The molecule has 136 valence electrons. The molecule has 1 saturated heterocycles. The first-order valence-electron chi connectivity index (χ1n) is 10.4. The van der Waals surface area contributed by atoms with Crippen molar-refractivity contribution in [1.82, 2.24) is 15.0 Å². The van der Waals surface area contributed by atoms with E-state index < -0.39 is 0 Å². The van der Waals surface area contributed by atoms with Gasteiger partial charge in [0.05, 0.1) is 0 Å². The van der Waals surface area contributed by atoms with Gasteiger partial charge in [0.1, 0.15) is 0 Å². The second-order valence-electron chi connectivity index (χ2n) is 8.87. The summed E-state index contributed by atoms with van der Waals surface area (Å²) in [7, 11) is 0. The Morgan fingerprint density at radius 1 is 1.16 bits per heavy atom. The molecule has 0 spiro atoms. The molecular formula is C20H29N3O2. The van der Waals surface area contributed by atoms with Crippen LogP contribution in [-0.2, 0) is 11.2 Å². The van der Waals surface area contributed by atoms with Gasteiger partial charge in [-0.2, -0.15) is 4.98 Å². The van der Waals surface area contributed by atoms with Crippen molar-refractivity contribution < 1.29 is 9.32 Å². The Morgan fingerprint density at radius 2 is 2.08 bits per heavy atom. The predicted molar refractivity (Wildman–Crippen MR) is 92.9 cm³/mol. The predicted octanol–water partition coefficient (Wildman–Crippen LogP) is 3.70. The van der Waals surface area contributed by atoms with E-state index in [-0.39, 0.29) is 5.91 Å². The molecule has 0 N–H and O–H groups in total. The highest BCUT2D eigenvalue weighted by Crippen LogP contribution is 2.50.